The average molecular weight is 436 g/mol. The topological polar surface area (TPSA) is 70.6 Å². The Kier molecular flexibility index (Phi) is 6.61. The minimum atomic E-state index is -0.848. The van der Waals surface area contributed by atoms with Crippen molar-refractivity contribution in [3.8, 4) is 17.0 Å². The summed E-state index contributed by atoms with van der Waals surface area (Å²) >= 11 is 0. The molecule has 1 saturated heterocycles. The monoisotopic (exact) mass is 435 g/mol. The van der Waals surface area contributed by atoms with Crippen molar-refractivity contribution in [1.29, 1.82) is 0 Å². The molecule has 0 spiro atoms. The molecule has 2 heterocycles. The van der Waals surface area contributed by atoms with Crippen molar-refractivity contribution >= 4 is 17.4 Å². The number of carbonyl (C=O) groups excluding carboxylic acids is 1. The van der Waals surface area contributed by atoms with E-state index < -0.39 is 11.9 Å². The summed E-state index contributed by atoms with van der Waals surface area (Å²) in [5, 5.41) is 11.5. The summed E-state index contributed by atoms with van der Waals surface area (Å²) in [5.41, 5.74) is 2.28. The zero-order valence-electron chi connectivity index (χ0n) is 18.2. The molecular weight excluding hydrogens is 409 g/mol. The number of para-hydroxylation sites is 1. The Labute approximate surface area is 186 Å². The van der Waals surface area contributed by atoms with Gasteiger partial charge in [0.15, 0.2) is 23.5 Å². The third-order valence-corrected chi connectivity index (χ3v) is 5.44. The highest BCUT2D eigenvalue weighted by Crippen LogP contribution is 2.22. The molecule has 1 unspecified atom stereocenters. The summed E-state index contributed by atoms with van der Waals surface area (Å²) in [7, 11) is 2.12. The molecule has 1 N–H and O–H groups in total. The molecule has 0 radical (unpaired) electrons. The Morgan fingerprint density at radius 2 is 1.72 bits per heavy atom. The maximum absolute atomic E-state index is 13.7. The summed E-state index contributed by atoms with van der Waals surface area (Å²) < 4.78 is 19.1. The van der Waals surface area contributed by atoms with Crippen LogP contribution >= 0.6 is 0 Å². The second-order valence-corrected chi connectivity index (χ2v) is 7.82. The minimum Gasteiger partial charge on any atom is -0.478 e. The highest BCUT2D eigenvalue weighted by atomic mass is 19.1. The predicted molar refractivity (Wildman–Crippen MR) is 122 cm³/mol. The van der Waals surface area contributed by atoms with Crippen molar-refractivity contribution in [2.24, 2.45) is 0 Å². The third-order valence-electron chi connectivity index (χ3n) is 5.44. The molecule has 2 aromatic carbocycles. The lowest BCUT2D eigenvalue weighted by Crippen LogP contribution is -2.44. The Bertz CT molecular complexity index is 1050. The van der Waals surface area contributed by atoms with Gasteiger partial charge >= 0.3 is 0 Å². The summed E-state index contributed by atoms with van der Waals surface area (Å²) in [4.78, 5) is 16.9. The van der Waals surface area contributed by atoms with Crippen LogP contribution in [0.5, 0.6) is 5.75 Å². The second kappa shape index (κ2) is 9.74. The number of benzene rings is 2. The summed E-state index contributed by atoms with van der Waals surface area (Å²) in [6.07, 6.45) is -0.848. The SMILES string of the molecule is CC(Oc1ccccc1F)C(=O)Nc1ccc(-c2ccc(N3CCN(C)CC3)nn2)cc1. The smallest absolute Gasteiger partial charge is 0.265 e. The molecule has 0 aliphatic carbocycles. The van der Waals surface area contributed by atoms with E-state index in [1.54, 1.807) is 31.2 Å². The fourth-order valence-electron chi connectivity index (χ4n) is 3.44. The number of carbonyl (C=O) groups is 1. The molecule has 1 aliphatic heterocycles. The average Bonchev–Trinajstić information content (AvgIpc) is 2.82. The van der Waals surface area contributed by atoms with Crippen molar-refractivity contribution in [1.82, 2.24) is 15.1 Å². The lowest BCUT2D eigenvalue weighted by Gasteiger charge is -2.32. The van der Waals surface area contributed by atoms with Crippen LogP contribution in [0.25, 0.3) is 11.3 Å². The first kappa shape index (κ1) is 21.7. The van der Waals surface area contributed by atoms with E-state index in [-0.39, 0.29) is 11.7 Å². The summed E-state index contributed by atoms with van der Waals surface area (Å²) in [5.74, 6) is 0.0623. The third kappa shape index (κ3) is 5.20. The Balaban J connectivity index is 1.35. The molecule has 4 rings (SSSR count). The van der Waals surface area contributed by atoms with Gasteiger partial charge in [0, 0.05) is 37.4 Å². The van der Waals surface area contributed by atoms with Gasteiger partial charge < -0.3 is 19.9 Å². The van der Waals surface area contributed by atoms with E-state index in [0.717, 1.165) is 43.3 Å². The van der Waals surface area contributed by atoms with E-state index in [0.29, 0.717) is 5.69 Å². The molecule has 7 nitrogen and oxygen atoms in total. The van der Waals surface area contributed by atoms with E-state index in [9.17, 15) is 9.18 Å². The first-order chi connectivity index (χ1) is 15.5. The Morgan fingerprint density at radius 3 is 2.38 bits per heavy atom. The maximum atomic E-state index is 13.7. The van der Waals surface area contributed by atoms with Crippen molar-refractivity contribution in [3.63, 3.8) is 0 Å². The summed E-state index contributed by atoms with van der Waals surface area (Å²) in [6, 6.07) is 17.3. The van der Waals surface area contributed by atoms with Crippen LogP contribution < -0.4 is 15.0 Å². The Hall–Kier alpha value is -3.52. The molecule has 1 aromatic heterocycles. The summed E-state index contributed by atoms with van der Waals surface area (Å²) in [6.45, 7) is 5.49. The molecule has 166 valence electrons. The number of rotatable bonds is 6. The predicted octanol–water partition coefficient (Wildman–Crippen LogP) is 3.44. The van der Waals surface area contributed by atoms with Gasteiger partial charge in [-0.1, -0.05) is 24.3 Å². The Morgan fingerprint density at radius 1 is 1.00 bits per heavy atom. The van der Waals surface area contributed by atoms with Gasteiger partial charge in [-0.2, -0.15) is 0 Å². The molecule has 1 fully saturated rings. The van der Waals surface area contributed by atoms with E-state index in [4.69, 9.17) is 4.74 Å². The van der Waals surface area contributed by atoms with Gasteiger partial charge in [0.2, 0.25) is 0 Å². The quantitative estimate of drug-likeness (QED) is 0.640. The lowest BCUT2D eigenvalue weighted by atomic mass is 10.1. The lowest BCUT2D eigenvalue weighted by molar-refractivity contribution is -0.122. The van der Waals surface area contributed by atoms with E-state index in [2.05, 4.69) is 32.4 Å². The molecule has 32 heavy (non-hydrogen) atoms. The molecule has 1 atom stereocenters. The fraction of sp³-hybridized carbons (Fsp3) is 0.292. The number of hydrogen-bond donors (Lipinski definition) is 1. The minimum absolute atomic E-state index is 0.0455. The number of likely N-dealkylation sites (N-methyl/N-ethyl adjacent to an activating group) is 1. The van der Waals surface area contributed by atoms with E-state index >= 15 is 0 Å². The number of aromatic nitrogens is 2. The van der Waals surface area contributed by atoms with Gasteiger partial charge in [0.25, 0.3) is 5.91 Å². The van der Waals surface area contributed by atoms with Gasteiger partial charge in [-0.3, -0.25) is 4.79 Å². The van der Waals surface area contributed by atoms with Crippen LogP contribution in [0.4, 0.5) is 15.9 Å². The highest BCUT2D eigenvalue weighted by Gasteiger charge is 2.17. The number of halogens is 1. The number of ether oxygens (including phenoxy) is 1. The largest absolute Gasteiger partial charge is 0.478 e. The number of amides is 1. The zero-order valence-corrected chi connectivity index (χ0v) is 18.2. The number of piperazine rings is 1. The van der Waals surface area contributed by atoms with Crippen LogP contribution in [0.1, 0.15) is 6.92 Å². The standard InChI is InChI=1S/C24H26FN5O2/c1-17(32-22-6-4-3-5-20(22)25)24(31)26-19-9-7-18(8-10-19)21-11-12-23(28-27-21)30-15-13-29(2)14-16-30/h3-12,17H,13-16H2,1-2H3,(H,26,31). The fourth-order valence-corrected chi connectivity index (χ4v) is 3.44. The van der Waals surface area contributed by atoms with Gasteiger partial charge in [-0.15, -0.1) is 10.2 Å². The number of nitrogens with one attached hydrogen (secondary N) is 1. The number of anilines is 2. The number of nitrogens with zero attached hydrogens (tertiary/aromatic N) is 4. The van der Waals surface area contributed by atoms with Crippen molar-refractivity contribution in [2.75, 3.05) is 43.4 Å². The van der Waals surface area contributed by atoms with Gasteiger partial charge in [-0.25, -0.2) is 4.39 Å². The van der Waals surface area contributed by atoms with Gasteiger partial charge in [0.05, 0.1) is 5.69 Å². The normalized spacial score (nSPS) is 15.3. The first-order valence-corrected chi connectivity index (χ1v) is 10.6. The van der Waals surface area contributed by atoms with Crippen molar-refractivity contribution in [2.45, 2.75) is 13.0 Å². The van der Waals surface area contributed by atoms with Gasteiger partial charge in [-0.05, 0) is 50.4 Å². The first-order valence-electron chi connectivity index (χ1n) is 10.6. The van der Waals surface area contributed by atoms with Crippen LogP contribution in [0.15, 0.2) is 60.7 Å². The van der Waals surface area contributed by atoms with Crippen molar-refractivity contribution in [3.05, 3.63) is 66.5 Å². The van der Waals surface area contributed by atoms with Crippen LogP contribution in [0, 0.1) is 5.82 Å². The van der Waals surface area contributed by atoms with Crippen LogP contribution in [-0.4, -0.2) is 60.3 Å². The molecule has 8 heteroatoms. The van der Waals surface area contributed by atoms with Crippen molar-refractivity contribution < 1.29 is 13.9 Å². The molecule has 0 saturated carbocycles. The van der Waals surface area contributed by atoms with E-state index in [1.165, 1.54) is 12.1 Å². The van der Waals surface area contributed by atoms with E-state index in [1.807, 2.05) is 24.3 Å². The molecule has 3 aromatic rings. The number of hydrogen-bond acceptors (Lipinski definition) is 6. The van der Waals surface area contributed by atoms with Gasteiger partial charge in [0.1, 0.15) is 0 Å². The molecule has 0 bridgehead atoms. The molecule has 1 amide bonds. The zero-order chi connectivity index (χ0) is 22.5. The molecular formula is C24H26FN5O2. The molecule has 1 aliphatic rings. The van der Waals surface area contributed by atoms with Crippen LogP contribution in [0.3, 0.4) is 0 Å². The highest BCUT2D eigenvalue weighted by molar-refractivity contribution is 5.94. The van der Waals surface area contributed by atoms with Crippen LogP contribution in [-0.2, 0) is 4.79 Å². The second-order valence-electron chi connectivity index (χ2n) is 7.82. The maximum Gasteiger partial charge on any atom is 0.265 e. The van der Waals surface area contributed by atoms with Crippen LogP contribution in [0.2, 0.25) is 0 Å².